The molecule has 1 N–H and O–H groups in total. The lowest BCUT2D eigenvalue weighted by Gasteiger charge is -2.24. The van der Waals surface area contributed by atoms with Crippen LogP contribution in [0, 0.1) is 0 Å². The van der Waals surface area contributed by atoms with Gasteiger partial charge in [-0.05, 0) is 37.1 Å². The molecule has 0 unspecified atom stereocenters. The summed E-state index contributed by atoms with van der Waals surface area (Å²) in [5.41, 5.74) is 1.20. The SMILES string of the molecule is COC(=O)c1cccc(CN2CCC[C@@H]2C(=O)NCC(F)(F)F)c1. The zero-order valence-electron chi connectivity index (χ0n) is 13.2. The predicted octanol–water partition coefficient (Wildman–Crippen LogP) is 2.12. The van der Waals surface area contributed by atoms with Crippen molar-refractivity contribution in [2.75, 3.05) is 20.2 Å². The average molecular weight is 344 g/mol. The first-order chi connectivity index (χ1) is 11.3. The second-order valence-corrected chi connectivity index (χ2v) is 5.65. The number of rotatable bonds is 5. The number of halogens is 3. The van der Waals surface area contributed by atoms with Crippen molar-refractivity contribution in [3.63, 3.8) is 0 Å². The number of carbonyl (C=O) groups is 2. The molecule has 2 rings (SSSR count). The van der Waals surface area contributed by atoms with Gasteiger partial charge in [-0.2, -0.15) is 13.2 Å². The van der Waals surface area contributed by atoms with E-state index in [1.165, 1.54) is 7.11 Å². The molecule has 1 saturated heterocycles. The fourth-order valence-electron chi connectivity index (χ4n) is 2.77. The molecule has 5 nitrogen and oxygen atoms in total. The normalized spacial score (nSPS) is 18.4. The quantitative estimate of drug-likeness (QED) is 0.832. The summed E-state index contributed by atoms with van der Waals surface area (Å²) >= 11 is 0. The Labute approximate surface area is 137 Å². The number of hydrogen-bond acceptors (Lipinski definition) is 4. The summed E-state index contributed by atoms with van der Waals surface area (Å²) in [6.07, 6.45) is -3.17. The minimum Gasteiger partial charge on any atom is -0.465 e. The molecule has 0 aliphatic carbocycles. The molecular formula is C16H19F3N2O3. The van der Waals surface area contributed by atoms with Crippen LogP contribution in [-0.4, -0.2) is 49.2 Å². The first kappa shape index (κ1) is 18.3. The Balaban J connectivity index is 2.01. The molecule has 0 spiro atoms. The Morgan fingerprint density at radius 2 is 2.12 bits per heavy atom. The maximum Gasteiger partial charge on any atom is 0.405 e. The van der Waals surface area contributed by atoms with E-state index in [0.29, 0.717) is 25.1 Å². The van der Waals surface area contributed by atoms with Crippen LogP contribution in [0.25, 0.3) is 0 Å². The molecule has 0 radical (unpaired) electrons. The zero-order valence-corrected chi connectivity index (χ0v) is 13.2. The van der Waals surface area contributed by atoms with Gasteiger partial charge in [0.15, 0.2) is 0 Å². The number of ether oxygens (including phenoxy) is 1. The second-order valence-electron chi connectivity index (χ2n) is 5.65. The molecule has 24 heavy (non-hydrogen) atoms. The van der Waals surface area contributed by atoms with Gasteiger partial charge in [0.2, 0.25) is 5.91 Å². The standard InChI is InChI=1S/C16H19F3N2O3/c1-24-15(23)12-5-2-4-11(8-12)9-21-7-3-6-13(21)14(22)20-10-16(17,18)19/h2,4-5,8,13H,3,6-7,9-10H2,1H3,(H,20,22)/t13-/m1/s1. The highest BCUT2D eigenvalue weighted by Gasteiger charge is 2.34. The van der Waals surface area contributed by atoms with E-state index in [1.807, 2.05) is 10.2 Å². The largest absolute Gasteiger partial charge is 0.465 e. The average Bonchev–Trinajstić information content (AvgIpc) is 2.99. The molecular weight excluding hydrogens is 325 g/mol. The fourth-order valence-corrected chi connectivity index (χ4v) is 2.77. The molecule has 1 amide bonds. The van der Waals surface area contributed by atoms with Crippen molar-refractivity contribution < 1.29 is 27.5 Å². The smallest absolute Gasteiger partial charge is 0.405 e. The number of amides is 1. The molecule has 1 aromatic rings. The number of nitrogens with zero attached hydrogens (tertiary/aromatic N) is 1. The van der Waals surface area contributed by atoms with Crippen LogP contribution in [0.15, 0.2) is 24.3 Å². The van der Waals surface area contributed by atoms with Crippen molar-refractivity contribution in [2.24, 2.45) is 0 Å². The summed E-state index contributed by atoms with van der Waals surface area (Å²) in [5, 5.41) is 1.94. The van der Waals surface area contributed by atoms with E-state index in [0.717, 1.165) is 12.0 Å². The van der Waals surface area contributed by atoms with Crippen LogP contribution in [0.4, 0.5) is 13.2 Å². The molecule has 1 fully saturated rings. The van der Waals surface area contributed by atoms with Gasteiger partial charge in [0.25, 0.3) is 0 Å². The number of alkyl halides is 3. The maximum absolute atomic E-state index is 12.2. The van der Waals surface area contributed by atoms with Crippen LogP contribution in [-0.2, 0) is 16.1 Å². The number of likely N-dealkylation sites (tertiary alicyclic amines) is 1. The fraction of sp³-hybridized carbons (Fsp3) is 0.500. The first-order valence-corrected chi connectivity index (χ1v) is 7.56. The van der Waals surface area contributed by atoms with E-state index in [4.69, 9.17) is 0 Å². The molecule has 1 aromatic carbocycles. The molecule has 0 bridgehead atoms. The lowest BCUT2D eigenvalue weighted by molar-refractivity contribution is -0.141. The Hall–Kier alpha value is -2.09. The number of nitrogens with one attached hydrogen (secondary N) is 1. The van der Waals surface area contributed by atoms with Crippen molar-refractivity contribution >= 4 is 11.9 Å². The lowest BCUT2D eigenvalue weighted by atomic mass is 10.1. The van der Waals surface area contributed by atoms with Crippen molar-refractivity contribution in [1.82, 2.24) is 10.2 Å². The minimum absolute atomic E-state index is 0.384. The number of esters is 1. The van der Waals surface area contributed by atoms with Gasteiger partial charge in [0, 0.05) is 6.54 Å². The van der Waals surface area contributed by atoms with Crippen LogP contribution in [0.2, 0.25) is 0 Å². The Kier molecular flexibility index (Phi) is 5.82. The number of methoxy groups -OCH3 is 1. The molecule has 1 aliphatic heterocycles. The van der Waals surface area contributed by atoms with Gasteiger partial charge in [-0.3, -0.25) is 9.69 Å². The third-order valence-electron chi connectivity index (χ3n) is 3.86. The minimum atomic E-state index is -4.42. The van der Waals surface area contributed by atoms with Crippen molar-refractivity contribution in [2.45, 2.75) is 31.6 Å². The van der Waals surface area contributed by atoms with E-state index in [2.05, 4.69) is 4.74 Å². The van der Waals surface area contributed by atoms with Crippen LogP contribution in [0.3, 0.4) is 0 Å². The Morgan fingerprint density at radius 3 is 2.79 bits per heavy atom. The summed E-state index contributed by atoms with van der Waals surface area (Å²) < 4.78 is 41.3. The third kappa shape index (κ3) is 4.95. The monoisotopic (exact) mass is 344 g/mol. The zero-order chi connectivity index (χ0) is 17.7. The van der Waals surface area contributed by atoms with Gasteiger partial charge < -0.3 is 10.1 Å². The van der Waals surface area contributed by atoms with Crippen LogP contribution in [0.1, 0.15) is 28.8 Å². The van der Waals surface area contributed by atoms with Crippen LogP contribution in [0.5, 0.6) is 0 Å². The van der Waals surface area contributed by atoms with Gasteiger partial charge in [0.05, 0.1) is 18.7 Å². The van der Waals surface area contributed by atoms with Gasteiger partial charge in [-0.1, -0.05) is 12.1 Å². The van der Waals surface area contributed by atoms with Gasteiger partial charge in [-0.25, -0.2) is 4.79 Å². The highest BCUT2D eigenvalue weighted by molar-refractivity contribution is 5.89. The van der Waals surface area contributed by atoms with Crippen molar-refractivity contribution in [3.05, 3.63) is 35.4 Å². The summed E-state index contributed by atoms with van der Waals surface area (Å²) in [5.74, 6) is -1.08. The predicted molar refractivity (Wildman–Crippen MR) is 80.3 cm³/mol. The van der Waals surface area contributed by atoms with Crippen LogP contribution >= 0.6 is 0 Å². The van der Waals surface area contributed by atoms with Gasteiger partial charge in [0.1, 0.15) is 6.54 Å². The Morgan fingerprint density at radius 1 is 1.38 bits per heavy atom. The Bertz CT molecular complexity index is 604. The topological polar surface area (TPSA) is 58.6 Å². The molecule has 1 heterocycles. The summed E-state index contributed by atoms with van der Waals surface area (Å²) in [7, 11) is 1.29. The van der Waals surface area contributed by atoms with E-state index >= 15 is 0 Å². The number of hydrogen-bond donors (Lipinski definition) is 1. The van der Waals surface area contributed by atoms with Gasteiger partial charge >= 0.3 is 12.1 Å². The van der Waals surface area contributed by atoms with E-state index < -0.39 is 30.6 Å². The first-order valence-electron chi connectivity index (χ1n) is 7.56. The summed E-state index contributed by atoms with van der Waals surface area (Å²) in [6.45, 7) is -0.324. The van der Waals surface area contributed by atoms with Crippen LogP contribution < -0.4 is 5.32 Å². The molecule has 8 heteroatoms. The van der Waals surface area contributed by atoms with Crippen molar-refractivity contribution in [3.8, 4) is 0 Å². The maximum atomic E-state index is 12.2. The highest BCUT2D eigenvalue weighted by Crippen LogP contribution is 2.21. The second kappa shape index (κ2) is 7.65. The molecule has 1 atom stereocenters. The van der Waals surface area contributed by atoms with E-state index in [1.54, 1.807) is 24.3 Å². The number of benzene rings is 1. The van der Waals surface area contributed by atoms with Crippen molar-refractivity contribution in [1.29, 1.82) is 0 Å². The lowest BCUT2D eigenvalue weighted by Crippen LogP contribution is -2.45. The molecule has 0 aromatic heterocycles. The molecule has 132 valence electrons. The summed E-state index contributed by atoms with van der Waals surface area (Å²) in [6, 6.07) is 6.20. The van der Waals surface area contributed by atoms with E-state index in [9.17, 15) is 22.8 Å². The third-order valence-corrected chi connectivity index (χ3v) is 3.86. The van der Waals surface area contributed by atoms with E-state index in [-0.39, 0.29) is 0 Å². The summed E-state index contributed by atoms with van der Waals surface area (Å²) in [4.78, 5) is 25.4. The molecule has 0 saturated carbocycles. The number of carbonyl (C=O) groups excluding carboxylic acids is 2. The molecule has 1 aliphatic rings. The van der Waals surface area contributed by atoms with Gasteiger partial charge in [-0.15, -0.1) is 0 Å². The highest BCUT2D eigenvalue weighted by atomic mass is 19.4.